The van der Waals surface area contributed by atoms with Crippen molar-refractivity contribution in [2.45, 2.75) is 10.9 Å². The van der Waals surface area contributed by atoms with Gasteiger partial charge in [-0.3, -0.25) is 4.79 Å². The summed E-state index contributed by atoms with van der Waals surface area (Å²) in [6.07, 6.45) is 0. The molecule has 10 heteroatoms. The normalized spacial score (nSPS) is 13.0. The summed E-state index contributed by atoms with van der Waals surface area (Å²) in [4.78, 5) is 10.7. The number of rotatable bonds is 7. The fourth-order valence-electron chi connectivity index (χ4n) is 1.51. The lowest BCUT2D eigenvalue weighted by Crippen LogP contribution is -2.43. The standard InChI is InChI=1S/C11H13BrClNO6S/c1-19-5-8(11(15)16)14-21(17,18)9-4-6(13)3-7(12)10(9)20-2/h3-4,8,14H,5H2,1-2H3,(H,15,16). The van der Waals surface area contributed by atoms with Crippen LogP contribution in [0, 0.1) is 0 Å². The number of carboxylic acids is 1. The number of methoxy groups -OCH3 is 2. The van der Waals surface area contributed by atoms with Gasteiger partial charge in [0.2, 0.25) is 10.0 Å². The van der Waals surface area contributed by atoms with E-state index in [9.17, 15) is 13.2 Å². The van der Waals surface area contributed by atoms with Crippen LogP contribution < -0.4 is 9.46 Å². The van der Waals surface area contributed by atoms with Gasteiger partial charge in [-0.15, -0.1) is 0 Å². The molecule has 0 bridgehead atoms. The molecular formula is C11H13BrClNO6S. The van der Waals surface area contributed by atoms with Gasteiger partial charge in [0.1, 0.15) is 10.9 Å². The smallest absolute Gasteiger partial charge is 0.324 e. The second-order valence-corrected chi connectivity index (χ2v) is 6.86. The van der Waals surface area contributed by atoms with Crippen LogP contribution in [0.3, 0.4) is 0 Å². The van der Waals surface area contributed by atoms with Crippen LogP contribution in [0.25, 0.3) is 0 Å². The monoisotopic (exact) mass is 401 g/mol. The molecule has 7 nitrogen and oxygen atoms in total. The Morgan fingerprint density at radius 2 is 2.10 bits per heavy atom. The number of carboxylic acid groups (broad SMARTS) is 1. The van der Waals surface area contributed by atoms with Crippen LogP contribution in [0.15, 0.2) is 21.5 Å². The van der Waals surface area contributed by atoms with Crippen LogP contribution in [-0.4, -0.2) is 46.4 Å². The first-order chi connectivity index (χ1) is 9.72. The molecule has 2 N–H and O–H groups in total. The zero-order valence-corrected chi connectivity index (χ0v) is 14.3. The first kappa shape index (κ1) is 18.2. The van der Waals surface area contributed by atoms with Gasteiger partial charge in [0.05, 0.1) is 18.2 Å². The third kappa shape index (κ3) is 4.55. The van der Waals surface area contributed by atoms with Gasteiger partial charge in [0, 0.05) is 12.1 Å². The van der Waals surface area contributed by atoms with E-state index in [0.29, 0.717) is 4.47 Å². The van der Waals surface area contributed by atoms with Crippen molar-refractivity contribution in [3.8, 4) is 5.75 Å². The van der Waals surface area contributed by atoms with Crippen LogP contribution in [0.4, 0.5) is 0 Å². The van der Waals surface area contributed by atoms with E-state index in [-0.39, 0.29) is 22.3 Å². The first-order valence-corrected chi connectivity index (χ1v) is 8.15. The van der Waals surface area contributed by atoms with Gasteiger partial charge in [-0.05, 0) is 28.1 Å². The van der Waals surface area contributed by atoms with Crippen molar-refractivity contribution in [1.82, 2.24) is 4.72 Å². The minimum atomic E-state index is -4.16. The summed E-state index contributed by atoms with van der Waals surface area (Å²) in [5, 5.41) is 9.13. The molecular weight excluding hydrogens is 390 g/mol. The molecule has 118 valence electrons. The Kier molecular flexibility index (Phi) is 6.41. The number of ether oxygens (including phenoxy) is 2. The number of aliphatic carboxylic acids is 1. The van der Waals surface area contributed by atoms with Crippen molar-refractivity contribution in [2.24, 2.45) is 0 Å². The van der Waals surface area contributed by atoms with Crippen LogP contribution in [0.1, 0.15) is 0 Å². The highest BCUT2D eigenvalue weighted by atomic mass is 79.9. The molecule has 0 saturated carbocycles. The average molecular weight is 403 g/mol. The van der Waals surface area contributed by atoms with Crippen molar-refractivity contribution in [3.05, 3.63) is 21.6 Å². The Hall–Kier alpha value is -0.870. The van der Waals surface area contributed by atoms with Crippen LogP contribution in [0.2, 0.25) is 5.02 Å². The number of sulfonamides is 1. The quantitative estimate of drug-likeness (QED) is 0.716. The van der Waals surface area contributed by atoms with Crippen molar-refractivity contribution in [2.75, 3.05) is 20.8 Å². The summed E-state index contributed by atoms with van der Waals surface area (Å²) in [7, 11) is -1.61. The topological polar surface area (TPSA) is 102 Å². The number of benzene rings is 1. The van der Waals surface area contributed by atoms with E-state index in [2.05, 4.69) is 20.7 Å². The molecule has 0 radical (unpaired) electrons. The van der Waals surface area contributed by atoms with E-state index in [4.69, 9.17) is 21.4 Å². The molecule has 1 atom stereocenters. The van der Waals surface area contributed by atoms with E-state index < -0.39 is 22.0 Å². The summed E-state index contributed by atoms with van der Waals surface area (Å²) < 4.78 is 36.7. The molecule has 0 amide bonds. The Labute approximate surface area is 135 Å². The molecule has 1 aromatic carbocycles. The molecule has 0 aliphatic heterocycles. The molecule has 1 aromatic rings. The van der Waals surface area contributed by atoms with Gasteiger partial charge in [-0.25, -0.2) is 8.42 Å². The van der Waals surface area contributed by atoms with Gasteiger partial charge in [-0.1, -0.05) is 11.6 Å². The summed E-state index contributed by atoms with van der Waals surface area (Å²) >= 11 is 8.96. The Morgan fingerprint density at radius 1 is 1.48 bits per heavy atom. The molecule has 0 aromatic heterocycles. The van der Waals surface area contributed by atoms with Gasteiger partial charge >= 0.3 is 5.97 Å². The minimum absolute atomic E-state index is 0.0217. The predicted molar refractivity (Wildman–Crippen MR) is 79.3 cm³/mol. The van der Waals surface area contributed by atoms with Gasteiger partial charge < -0.3 is 14.6 Å². The van der Waals surface area contributed by atoms with Crippen molar-refractivity contribution in [1.29, 1.82) is 0 Å². The second kappa shape index (κ2) is 7.41. The van der Waals surface area contributed by atoms with E-state index in [1.807, 2.05) is 4.72 Å². The molecule has 0 heterocycles. The highest BCUT2D eigenvalue weighted by molar-refractivity contribution is 9.10. The maximum Gasteiger partial charge on any atom is 0.324 e. The predicted octanol–water partition coefficient (Wildman–Crippen LogP) is 1.49. The van der Waals surface area contributed by atoms with Crippen LogP contribution >= 0.6 is 27.5 Å². The average Bonchev–Trinajstić information content (AvgIpc) is 2.37. The van der Waals surface area contributed by atoms with E-state index >= 15 is 0 Å². The van der Waals surface area contributed by atoms with Gasteiger partial charge in [0.25, 0.3) is 0 Å². The van der Waals surface area contributed by atoms with E-state index in [1.165, 1.54) is 26.4 Å². The molecule has 0 fully saturated rings. The summed E-state index contributed by atoms with van der Waals surface area (Å²) in [6, 6.07) is 1.20. The van der Waals surface area contributed by atoms with Crippen molar-refractivity contribution < 1.29 is 27.8 Å². The Balaban J connectivity index is 3.27. The number of hydrogen-bond acceptors (Lipinski definition) is 5. The summed E-state index contributed by atoms with van der Waals surface area (Å²) in [5.74, 6) is -1.34. The molecule has 1 rings (SSSR count). The number of carbonyl (C=O) groups is 1. The third-order valence-corrected chi connectivity index (χ3v) is 4.68. The second-order valence-electron chi connectivity index (χ2n) is 3.89. The molecule has 0 saturated heterocycles. The fourth-order valence-corrected chi connectivity index (χ4v) is 4.07. The lowest BCUT2D eigenvalue weighted by Gasteiger charge is -2.16. The van der Waals surface area contributed by atoms with Gasteiger partial charge in [0.15, 0.2) is 5.75 Å². The van der Waals surface area contributed by atoms with Gasteiger partial charge in [-0.2, -0.15) is 4.72 Å². The zero-order valence-electron chi connectivity index (χ0n) is 11.1. The number of hydrogen-bond donors (Lipinski definition) is 2. The van der Waals surface area contributed by atoms with E-state index in [0.717, 1.165) is 0 Å². The minimum Gasteiger partial charge on any atom is -0.494 e. The molecule has 0 aliphatic carbocycles. The summed E-state index contributed by atoms with van der Waals surface area (Å²) in [5.41, 5.74) is 0. The Bertz CT molecular complexity index is 636. The van der Waals surface area contributed by atoms with E-state index in [1.54, 1.807) is 0 Å². The maximum absolute atomic E-state index is 12.3. The van der Waals surface area contributed by atoms with Crippen LogP contribution in [-0.2, 0) is 19.6 Å². The molecule has 21 heavy (non-hydrogen) atoms. The maximum atomic E-state index is 12.3. The molecule has 1 unspecified atom stereocenters. The SMILES string of the molecule is COCC(NS(=O)(=O)c1cc(Cl)cc(Br)c1OC)C(=O)O. The Morgan fingerprint density at radius 3 is 2.57 bits per heavy atom. The fraction of sp³-hybridized carbons (Fsp3) is 0.364. The highest BCUT2D eigenvalue weighted by Gasteiger charge is 2.29. The number of nitrogens with one attached hydrogen (secondary N) is 1. The zero-order chi connectivity index (χ0) is 16.2. The summed E-state index contributed by atoms with van der Waals surface area (Å²) in [6.45, 7) is -0.321. The van der Waals surface area contributed by atoms with Crippen LogP contribution in [0.5, 0.6) is 5.75 Å². The molecule has 0 spiro atoms. The lowest BCUT2D eigenvalue weighted by atomic mass is 10.3. The number of halogens is 2. The lowest BCUT2D eigenvalue weighted by molar-refractivity contribution is -0.140. The van der Waals surface area contributed by atoms with Crippen molar-refractivity contribution in [3.63, 3.8) is 0 Å². The highest BCUT2D eigenvalue weighted by Crippen LogP contribution is 2.35. The largest absolute Gasteiger partial charge is 0.494 e. The molecule has 0 aliphatic rings. The van der Waals surface area contributed by atoms with Crippen molar-refractivity contribution >= 4 is 43.5 Å². The first-order valence-electron chi connectivity index (χ1n) is 5.50. The third-order valence-electron chi connectivity index (χ3n) is 2.40.